The van der Waals surface area contributed by atoms with Gasteiger partial charge in [-0.2, -0.15) is 0 Å². The molecule has 3 atom stereocenters. The summed E-state index contributed by atoms with van der Waals surface area (Å²) in [4.78, 5) is 19.1. The number of likely N-dealkylation sites (tertiary alicyclic amines) is 1. The molecule has 0 radical (unpaired) electrons. The highest BCUT2D eigenvalue weighted by Crippen LogP contribution is 2.38. The minimum atomic E-state index is 0.0485. The zero-order valence-corrected chi connectivity index (χ0v) is 12.7. The molecule has 0 bridgehead atoms. The van der Waals surface area contributed by atoms with Gasteiger partial charge in [0.2, 0.25) is 5.76 Å². The molecule has 1 saturated heterocycles. The van der Waals surface area contributed by atoms with Gasteiger partial charge in [0.05, 0.1) is 5.69 Å². The van der Waals surface area contributed by atoms with E-state index in [2.05, 4.69) is 16.8 Å². The Hall–Kier alpha value is -1.32. The maximum absolute atomic E-state index is 12.8. The fraction of sp³-hybridized carbons (Fsp3) is 0.750. The van der Waals surface area contributed by atoms with Gasteiger partial charge in [-0.3, -0.25) is 4.79 Å². The lowest BCUT2D eigenvalue weighted by molar-refractivity contribution is 0.0294. The van der Waals surface area contributed by atoms with E-state index in [1.54, 1.807) is 6.92 Å². The van der Waals surface area contributed by atoms with Crippen molar-refractivity contribution in [2.75, 3.05) is 6.54 Å². The maximum Gasteiger partial charge on any atom is 0.291 e. The number of rotatable bonds is 1. The summed E-state index contributed by atoms with van der Waals surface area (Å²) in [6.07, 6.45) is 6.03. The van der Waals surface area contributed by atoms with Crippen LogP contribution in [0.3, 0.4) is 0 Å². The van der Waals surface area contributed by atoms with E-state index in [0.29, 0.717) is 23.6 Å². The number of nitrogens with zero attached hydrogens (tertiary/aromatic N) is 2. The quantitative estimate of drug-likeness (QED) is 0.790. The predicted molar refractivity (Wildman–Crippen MR) is 76.5 cm³/mol. The normalized spacial score (nSPS) is 30.1. The fourth-order valence-electron chi connectivity index (χ4n) is 4.01. The summed E-state index contributed by atoms with van der Waals surface area (Å²) in [7, 11) is 0. The third-order valence-electron chi connectivity index (χ3n) is 4.94. The van der Waals surface area contributed by atoms with Crippen molar-refractivity contribution in [3.05, 3.63) is 17.3 Å². The molecule has 1 amide bonds. The minimum absolute atomic E-state index is 0.0485. The van der Waals surface area contributed by atoms with Gasteiger partial charge < -0.3 is 9.32 Å². The highest BCUT2D eigenvalue weighted by molar-refractivity contribution is 5.92. The monoisotopic (exact) mass is 276 g/mol. The maximum atomic E-state index is 12.8. The lowest BCUT2D eigenvalue weighted by atomic mass is 9.74. The lowest BCUT2D eigenvalue weighted by Crippen LogP contribution is -2.50. The van der Waals surface area contributed by atoms with Crippen molar-refractivity contribution in [2.24, 2.45) is 11.8 Å². The predicted octanol–water partition coefficient (Wildman–Crippen LogP) is 3.33. The Kier molecular flexibility index (Phi) is 3.57. The molecule has 2 fully saturated rings. The Labute approximate surface area is 120 Å². The Morgan fingerprint density at radius 2 is 2.10 bits per heavy atom. The van der Waals surface area contributed by atoms with Crippen molar-refractivity contribution in [1.29, 1.82) is 0 Å². The molecule has 20 heavy (non-hydrogen) atoms. The molecule has 110 valence electrons. The summed E-state index contributed by atoms with van der Waals surface area (Å²) in [5, 5.41) is 0. The first-order valence-electron chi connectivity index (χ1n) is 7.81. The molecule has 1 saturated carbocycles. The fourth-order valence-corrected chi connectivity index (χ4v) is 4.01. The molecule has 4 nitrogen and oxygen atoms in total. The molecule has 3 unspecified atom stereocenters. The first-order chi connectivity index (χ1) is 9.56. The molecule has 1 aromatic heterocycles. The van der Waals surface area contributed by atoms with Crippen LogP contribution in [-0.2, 0) is 0 Å². The number of carbonyl (C=O) groups is 1. The number of carbonyl (C=O) groups excluding carboxylic acids is 1. The summed E-state index contributed by atoms with van der Waals surface area (Å²) in [5.74, 6) is 2.56. The van der Waals surface area contributed by atoms with Crippen LogP contribution in [0.15, 0.2) is 4.42 Å². The Bertz CT molecular complexity index is 509. The van der Waals surface area contributed by atoms with Gasteiger partial charge in [-0.05, 0) is 50.9 Å². The van der Waals surface area contributed by atoms with E-state index in [9.17, 15) is 4.79 Å². The van der Waals surface area contributed by atoms with E-state index in [1.807, 2.05) is 6.92 Å². The molecule has 3 rings (SSSR count). The molecule has 4 heteroatoms. The van der Waals surface area contributed by atoms with E-state index in [-0.39, 0.29) is 5.91 Å². The van der Waals surface area contributed by atoms with E-state index < -0.39 is 0 Å². The second-order valence-electron chi connectivity index (χ2n) is 6.53. The van der Waals surface area contributed by atoms with E-state index >= 15 is 0 Å². The van der Waals surface area contributed by atoms with Crippen LogP contribution >= 0.6 is 0 Å². The second kappa shape index (κ2) is 5.23. The molecule has 2 aliphatic rings. The van der Waals surface area contributed by atoms with Crippen molar-refractivity contribution in [3.63, 3.8) is 0 Å². The van der Waals surface area contributed by atoms with Gasteiger partial charge in [0.15, 0.2) is 5.89 Å². The number of hydrogen-bond acceptors (Lipinski definition) is 3. The Balaban J connectivity index is 1.82. The largest absolute Gasteiger partial charge is 0.436 e. The Morgan fingerprint density at radius 1 is 1.30 bits per heavy atom. The van der Waals surface area contributed by atoms with Crippen LogP contribution in [0.2, 0.25) is 0 Å². The molecule has 1 aliphatic heterocycles. The molecule has 0 spiro atoms. The summed E-state index contributed by atoms with van der Waals surface area (Å²) < 4.78 is 5.53. The SMILES string of the molecule is Cc1nc(C)c(C(=O)N2CCCC3CC(C)CCC32)o1. The van der Waals surface area contributed by atoms with Gasteiger partial charge in [-0.1, -0.05) is 6.92 Å². The number of aryl methyl sites for hydroxylation is 2. The summed E-state index contributed by atoms with van der Waals surface area (Å²) >= 11 is 0. The minimum Gasteiger partial charge on any atom is -0.436 e. The zero-order valence-electron chi connectivity index (χ0n) is 12.7. The molecule has 2 heterocycles. The van der Waals surface area contributed by atoms with Gasteiger partial charge in [-0.15, -0.1) is 0 Å². The smallest absolute Gasteiger partial charge is 0.291 e. The van der Waals surface area contributed by atoms with Gasteiger partial charge >= 0.3 is 0 Å². The molecular formula is C16H24N2O2. The van der Waals surface area contributed by atoms with Gasteiger partial charge in [0.1, 0.15) is 0 Å². The average molecular weight is 276 g/mol. The average Bonchev–Trinajstić information content (AvgIpc) is 2.76. The van der Waals surface area contributed by atoms with Crippen molar-refractivity contribution in [3.8, 4) is 0 Å². The van der Waals surface area contributed by atoms with Crippen LogP contribution in [0.4, 0.5) is 0 Å². The van der Waals surface area contributed by atoms with Crippen LogP contribution in [0.25, 0.3) is 0 Å². The van der Waals surface area contributed by atoms with E-state index in [1.165, 1.54) is 19.3 Å². The number of fused-ring (bicyclic) bond motifs is 1. The first kappa shape index (κ1) is 13.7. The van der Waals surface area contributed by atoms with Crippen molar-refractivity contribution in [1.82, 2.24) is 9.88 Å². The van der Waals surface area contributed by atoms with Crippen molar-refractivity contribution in [2.45, 2.75) is 58.9 Å². The summed E-state index contributed by atoms with van der Waals surface area (Å²) in [6, 6.07) is 0.414. The molecule has 0 N–H and O–H groups in total. The van der Waals surface area contributed by atoms with Gasteiger partial charge in [0, 0.05) is 19.5 Å². The van der Waals surface area contributed by atoms with Gasteiger partial charge in [0.25, 0.3) is 5.91 Å². The number of piperidine rings is 1. The van der Waals surface area contributed by atoms with Crippen molar-refractivity contribution >= 4 is 5.91 Å². The second-order valence-corrected chi connectivity index (χ2v) is 6.53. The zero-order chi connectivity index (χ0) is 14.3. The lowest BCUT2D eigenvalue weighted by Gasteiger charge is -2.45. The van der Waals surface area contributed by atoms with Crippen LogP contribution in [0, 0.1) is 25.7 Å². The third kappa shape index (κ3) is 2.36. The summed E-state index contributed by atoms with van der Waals surface area (Å²) in [5.41, 5.74) is 0.721. The number of oxazole rings is 1. The number of amides is 1. The topological polar surface area (TPSA) is 46.3 Å². The molecule has 1 aromatic rings. The number of aromatic nitrogens is 1. The van der Waals surface area contributed by atoms with E-state index in [4.69, 9.17) is 4.42 Å². The van der Waals surface area contributed by atoms with Crippen LogP contribution in [0.1, 0.15) is 61.2 Å². The Morgan fingerprint density at radius 3 is 2.80 bits per heavy atom. The first-order valence-corrected chi connectivity index (χ1v) is 7.81. The van der Waals surface area contributed by atoms with Crippen LogP contribution in [0.5, 0.6) is 0 Å². The summed E-state index contributed by atoms with van der Waals surface area (Å²) in [6.45, 7) is 6.85. The standard InChI is InChI=1S/C16H24N2O2/c1-10-6-7-14-13(9-10)5-4-8-18(14)16(19)15-11(2)17-12(3)20-15/h10,13-14H,4-9H2,1-3H3. The highest BCUT2D eigenvalue weighted by Gasteiger charge is 2.39. The molecule has 1 aliphatic carbocycles. The van der Waals surface area contributed by atoms with E-state index in [0.717, 1.165) is 31.0 Å². The van der Waals surface area contributed by atoms with Gasteiger partial charge in [-0.25, -0.2) is 4.98 Å². The third-order valence-corrected chi connectivity index (χ3v) is 4.94. The van der Waals surface area contributed by atoms with Crippen LogP contribution < -0.4 is 0 Å². The van der Waals surface area contributed by atoms with Crippen LogP contribution in [-0.4, -0.2) is 28.4 Å². The number of hydrogen-bond donors (Lipinski definition) is 0. The highest BCUT2D eigenvalue weighted by atomic mass is 16.4. The molecule has 0 aromatic carbocycles. The van der Waals surface area contributed by atoms with Crippen molar-refractivity contribution < 1.29 is 9.21 Å². The molecular weight excluding hydrogens is 252 g/mol.